The number of likely N-dealkylation sites (N-methyl/N-ethyl adjacent to an activating group) is 2. The molecule has 2 heterocycles. The van der Waals surface area contributed by atoms with Crippen molar-refractivity contribution in [3.8, 4) is 0 Å². The number of hydrogen-bond donors (Lipinski definition) is 1. The summed E-state index contributed by atoms with van der Waals surface area (Å²) in [5.74, 6) is 0. The minimum Gasteiger partial charge on any atom is -0.314 e. The first-order valence-corrected chi connectivity index (χ1v) is 8.76. The van der Waals surface area contributed by atoms with Gasteiger partial charge in [-0.25, -0.2) is 0 Å². The average Bonchev–Trinajstić information content (AvgIpc) is 2.53. The summed E-state index contributed by atoms with van der Waals surface area (Å²) in [7, 11) is 4.43. The van der Waals surface area contributed by atoms with Crippen LogP contribution in [0.1, 0.15) is 13.8 Å². The van der Waals surface area contributed by atoms with E-state index in [1.807, 2.05) is 13.8 Å². The third kappa shape index (κ3) is 8.12. The van der Waals surface area contributed by atoms with Crippen molar-refractivity contribution in [2.75, 3.05) is 92.6 Å². The van der Waals surface area contributed by atoms with Crippen molar-refractivity contribution in [3.05, 3.63) is 0 Å². The molecule has 0 spiro atoms. The second-order valence-electron chi connectivity index (χ2n) is 6.04. The Morgan fingerprint density at radius 3 is 1.29 bits per heavy atom. The van der Waals surface area contributed by atoms with E-state index in [-0.39, 0.29) is 0 Å². The predicted molar refractivity (Wildman–Crippen MR) is 92.1 cm³/mol. The summed E-state index contributed by atoms with van der Waals surface area (Å²) in [5.41, 5.74) is 0. The lowest BCUT2D eigenvalue weighted by Gasteiger charge is -2.33. The molecule has 2 aliphatic rings. The van der Waals surface area contributed by atoms with Gasteiger partial charge >= 0.3 is 0 Å². The van der Waals surface area contributed by atoms with Gasteiger partial charge < -0.3 is 15.1 Å². The lowest BCUT2D eigenvalue weighted by atomic mass is 10.3. The molecule has 5 nitrogen and oxygen atoms in total. The zero-order chi connectivity index (χ0) is 15.5. The van der Waals surface area contributed by atoms with Crippen molar-refractivity contribution in [1.29, 1.82) is 0 Å². The molecule has 0 aromatic rings. The summed E-state index contributed by atoms with van der Waals surface area (Å²) in [4.78, 5) is 9.97. The summed E-state index contributed by atoms with van der Waals surface area (Å²) in [6.45, 7) is 18.5. The average molecular weight is 300 g/mol. The molecule has 0 saturated carbocycles. The minimum atomic E-state index is 1.14. The van der Waals surface area contributed by atoms with E-state index in [9.17, 15) is 0 Å². The Bertz CT molecular complexity index is 209. The van der Waals surface area contributed by atoms with Crippen LogP contribution in [0, 0.1) is 0 Å². The van der Waals surface area contributed by atoms with Crippen LogP contribution in [-0.4, -0.2) is 112 Å². The fourth-order valence-electron chi connectivity index (χ4n) is 2.74. The molecule has 2 saturated heterocycles. The van der Waals surface area contributed by atoms with Gasteiger partial charge in [-0.1, -0.05) is 13.8 Å². The molecule has 0 bridgehead atoms. The van der Waals surface area contributed by atoms with E-state index in [1.54, 1.807) is 0 Å². The molecule has 1 N–H and O–H groups in total. The van der Waals surface area contributed by atoms with Gasteiger partial charge in [0, 0.05) is 78.5 Å². The first-order valence-electron chi connectivity index (χ1n) is 8.76. The van der Waals surface area contributed by atoms with Crippen LogP contribution in [-0.2, 0) is 0 Å². The fraction of sp³-hybridized carbons (Fsp3) is 1.00. The molecule has 126 valence electrons. The lowest BCUT2D eigenvalue weighted by Crippen LogP contribution is -2.48. The zero-order valence-electron chi connectivity index (χ0n) is 14.8. The molecule has 0 unspecified atom stereocenters. The van der Waals surface area contributed by atoms with Gasteiger partial charge in [-0.2, -0.15) is 0 Å². The van der Waals surface area contributed by atoms with Gasteiger partial charge in [-0.3, -0.25) is 9.80 Å². The second kappa shape index (κ2) is 11.4. The van der Waals surface area contributed by atoms with E-state index < -0.39 is 0 Å². The number of hydrogen-bond acceptors (Lipinski definition) is 5. The van der Waals surface area contributed by atoms with E-state index in [2.05, 4.69) is 39.0 Å². The Morgan fingerprint density at radius 2 is 0.952 bits per heavy atom. The van der Waals surface area contributed by atoms with Crippen LogP contribution < -0.4 is 5.32 Å². The molecular formula is C16H37N5. The van der Waals surface area contributed by atoms with Gasteiger partial charge in [-0.15, -0.1) is 0 Å². The predicted octanol–water partition coefficient (Wildman–Crippen LogP) is 0.0970. The van der Waals surface area contributed by atoms with Gasteiger partial charge in [0.1, 0.15) is 0 Å². The highest BCUT2D eigenvalue weighted by atomic mass is 15.3. The van der Waals surface area contributed by atoms with Gasteiger partial charge in [0.2, 0.25) is 0 Å². The Hall–Kier alpha value is -0.200. The van der Waals surface area contributed by atoms with E-state index >= 15 is 0 Å². The standard InChI is InChI=1S/C14H31N5.C2H6/c1-16-7-11-18(12-8-16)5-3-15-4-6-19-13-9-17(2)10-14-19;1-2/h15H,3-14H2,1-2H3;1-2H3. The number of rotatable bonds is 6. The van der Waals surface area contributed by atoms with Crippen LogP contribution in [0.3, 0.4) is 0 Å². The van der Waals surface area contributed by atoms with Crippen molar-refractivity contribution < 1.29 is 0 Å². The van der Waals surface area contributed by atoms with Crippen LogP contribution in [0.4, 0.5) is 0 Å². The van der Waals surface area contributed by atoms with E-state index in [1.165, 1.54) is 65.4 Å². The first-order chi connectivity index (χ1) is 10.2. The molecule has 0 atom stereocenters. The van der Waals surface area contributed by atoms with Gasteiger partial charge in [-0.05, 0) is 14.1 Å². The molecular weight excluding hydrogens is 262 g/mol. The highest BCUT2D eigenvalue weighted by Gasteiger charge is 2.14. The molecule has 0 radical (unpaired) electrons. The SMILES string of the molecule is CC.CN1CCN(CCNCCN2CCN(C)CC2)CC1. The maximum absolute atomic E-state index is 3.59. The largest absolute Gasteiger partial charge is 0.314 e. The Labute approximate surface area is 132 Å². The Balaban J connectivity index is 0.00000106. The highest BCUT2D eigenvalue weighted by Crippen LogP contribution is 1.98. The van der Waals surface area contributed by atoms with Crippen molar-refractivity contribution in [1.82, 2.24) is 24.9 Å². The Morgan fingerprint density at radius 1 is 0.619 bits per heavy atom. The smallest absolute Gasteiger partial charge is 0.0110 e. The number of nitrogens with zero attached hydrogens (tertiary/aromatic N) is 4. The maximum atomic E-state index is 3.59. The van der Waals surface area contributed by atoms with Crippen molar-refractivity contribution in [3.63, 3.8) is 0 Å². The normalized spacial score (nSPS) is 22.9. The van der Waals surface area contributed by atoms with Crippen LogP contribution in [0.2, 0.25) is 0 Å². The van der Waals surface area contributed by atoms with Crippen LogP contribution in [0.15, 0.2) is 0 Å². The van der Waals surface area contributed by atoms with Crippen LogP contribution in [0.5, 0.6) is 0 Å². The molecule has 5 heteroatoms. The highest BCUT2D eigenvalue weighted by molar-refractivity contribution is 4.71. The number of nitrogens with one attached hydrogen (secondary N) is 1. The summed E-state index contributed by atoms with van der Waals surface area (Å²) in [6, 6.07) is 0. The second-order valence-corrected chi connectivity index (χ2v) is 6.04. The van der Waals surface area contributed by atoms with Crippen molar-refractivity contribution >= 4 is 0 Å². The van der Waals surface area contributed by atoms with Gasteiger partial charge in [0.25, 0.3) is 0 Å². The van der Waals surface area contributed by atoms with Crippen LogP contribution >= 0.6 is 0 Å². The number of piperazine rings is 2. The molecule has 2 rings (SSSR count). The van der Waals surface area contributed by atoms with Gasteiger partial charge in [0.05, 0.1) is 0 Å². The summed E-state index contributed by atoms with van der Waals surface area (Å²) >= 11 is 0. The van der Waals surface area contributed by atoms with E-state index in [4.69, 9.17) is 0 Å². The van der Waals surface area contributed by atoms with E-state index in [0.29, 0.717) is 0 Å². The van der Waals surface area contributed by atoms with Gasteiger partial charge in [0.15, 0.2) is 0 Å². The third-order valence-corrected chi connectivity index (χ3v) is 4.40. The zero-order valence-corrected chi connectivity index (χ0v) is 14.8. The third-order valence-electron chi connectivity index (χ3n) is 4.40. The summed E-state index contributed by atoms with van der Waals surface area (Å²) in [6.07, 6.45) is 0. The summed E-state index contributed by atoms with van der Waals surface area (Å²) in [5, 5.41) is 3.59. The molecule has 21 heavy (non-hydrogen) atoms. The minimum absolute atomic E-state index is 1.14. The van der Waals surface area contributed by atoms with E-state index in [0.717, 1.165) is 13.1 Å². The monoisotopic (exact) mass is 299 g/mol. The van der Waals surface area contributed by atoms with Crippen molar-refractivity contribution in [2.24, 2.45) is 0 Å². The topological polar surface area (TPSA) is 25.0 Å². The van der Waals surface area contributed by atoms with Crippen LogP contribution in [0.25, 0.3) is 0 Å². The first kappa shape index (κ1) is 18.8. The molecule has 2 aliphatic heterocycles. The molecule has 0 aliphatic carbocycles. The molecule has 0 aromatic carbocycles. The van der Waals surface area contributed by atoms with Crippen molar-refractivity contribution in [2.45, 2.75) is 13.8 Å². The molecule has 0 aromatic heterocycles. The quantitative estimate of drug-likeness (QED) is 0.702. The maximum Gasteiger partial charge on any atom is 0.0110 e. The Kier molecular flexibility index (Phi) is 10.2. The molecule has 2 fully saturated rings. The fourth-order valence-corrected chi connectivity index (χ4v) is 2.74. The lowest BCUT2D eigenvalue weighted by molar-refractivity contribution is 0.147. The molecule has 0 amide bonds. The summed E-state index contributed by atoms with van der Waals surface area (Å²) < 4.78 is 0.